The second-order valence-electron chi connectivity index (χ2n) is 23.7. The van der Waals surface area contributed by atoms with Crippen molar-refractivity contribution in [2.45, 2.75) is 64.9 Å². The van der Waals surface area contributed by atoms with Crippen LogP contribution in [-0.2, 0) is 19.1 Å². The molecule has 6 aliphatic rings. The van der Waals surface area contributed by atoms with Crippen molar-refractivity contribution in [1.82, 2.24) is 50.3 Å². The zero-order chi connectivity index (χ0) is 64.8. The monoisotopic (exact) mass is 1340 g/mol. The number of carbonyl (C=O) groups excluding carboxylic acids is 4. The minimum Gasteiger partial charge on any atom is -0.444 e. The zero-order valence-corrected chi connectivity index (χ0v) is 54.7. The molecule has 6 aliphatic heterocycles. The van der Waals surface area contributed by atoms with E-state index in [1.165, 1.54) is 53.0 Å². The third kappa shape index (κ3) is 15.3. The SMILES string of the molecule is Brc1ccc2nc(-c3ccc(N4CCCC4)nc3)sc2c1.CC(C)(C)OC(=O)N1CCNC(=O)C1.O=C1CNCCN1c1ccc2nc(-c3ccc(N4CCCC4)nc3)sc2c1.[3H]C([3H])([3H])N1CCN(c2ccc3nc(-c4ccc(N5CCCC5)nc4)sc3c2)C(=O)C1. The fraction of sp³-hybridized carbons (Fsp3) is 0.394. The number of carbonyl (C=O) groups is 4. The lowest BCUT2D eigenvalue weighted by Gasteiger charge is -2.32. The van der Waals surface area contributed by atoms with Gasteiger partial charge in [0.2, 0.25) is 17.7 Å². The first kappa shape index (κ1) is 58.6. The van der Waals surface area contributed by atoms with Crippen molar-refractivity contribution >= 4 is 133 Å². The summed E-state index contributed by atoms with van der Waals surface area (Å²) < 4.78 is 32.0. The highest BCUT2D eigenvalue weighted by atomic mass is 79.9. The fourth-order valence-corrected chi connectivity index (χ4v) is 14.8. The van der Waals surface area contributed by atoms with Gasteiger partial charge in [0.15, 0.2) is 0 Å². The molecule has 0 unspecified atom stereocenters. The van der Waals surface area contributed by atoms with Crippen LogP contribution in [0.2, 0.25) is 0 Å². The molecule has 12 heterocycles. The van der Waals surface area contributed by atoms with Gasteiger partial charge in [-0.3, -0.25) is 24.2 Å². The summed E-state index contributed by atoms with van der Waals surface area (Å²) in [5.74, 6) is 2.93. The van der Waals surface area contributed by atoms with E-state index in [9.17, 15) is 19.2 Å². The van der Waals surface area contributed by atoms with E-state index in [0.717, 1.165) is 137 Å². The van der Waals surface area contributed by atoms with Crippen LogP contribution >= 0.6 is 49.9 Å². The molecule has 6 saturated heterocycles. The standard InChI is InChI=1S/C21H23N5OS.C20H21N5OS.C16H14BrN3S.C9H16N2O3/c1-24-10-11-26(20(27)14-24)16-5-6-17-18(12-16)28-21(23-17)15-4-7-19(22-13-15)25-8-2-3-9-25;26-19-13-21-7-10-25(19)15-4-5-16-17(11-15)27-20(23-16)14-3-6-18(22-12-14)24-8-1-2-9-24;17-12-4-5-13-14(9-12)21-16(19-13)11-3-6-15(18-10-11)20-7-1-2-8-20;1-9(2,3)14-8(13)11-5-4-10-7(12)6-11/h4-7,12-13H,2-3,8-11,14H2,1H3;3-6,11-12,21H,1-2,7-10,13H2;3-6,9-10H,1-2,7-8H2;4-6H2,1-3H3,(H,10,12)/i1T3;;;. The molecule has 90 heavy (non-hydrogen) atoms. The first-order valence-electron chi connectivity index (χ1n) is 32.2. The number of anilines is 5. The van der Waals surface area contributed by atoms with Gasteiger partial charge in [0.1, 0.15) is 44.6 Å². The highest BCUT2D eigenvalue weighted by Gasteiger charge is 2.28. The van der Waals surface area contributed by atoms with E-state index in [1.807, 2.05) is 66.0 Å². The highest BCUT2D eigenvalue weighted by Crippen LogP contribution is 2.37. The Hall–Kier alpha value is -7.74. The molecule has 15 rings (SSSR count). The molecule has 0 bridgehead atoms. The first-order valence-corrected chi connectivity index (χ1v) is 33.9. The van der Waals surface area contributed by atoms with Gasteiger partial charge in [-0.2, -0.15) is 0 Å². The Kier molecular flexibility index (Phi) is 18.4. The van der Waals surface area contributed by atoms with Gasteiger partial charge < -0.3 is 39.9 Å². The van der Waals surface area contributed by atoms with E-state index in [0.29, 0.717) is 39.3 Å². The average Bonchev–Trinajstić information content (AvgIpc) is 1.84. The molecule has 6 aromatic heterocycles. The molecule has 6 fully saturated rings. The number of aromatic nitrogens is 6. The lowest BCUT2D eigenvalue weighted by molar-refractivity contribution is -0.124. The summed E-state index contributed by atoms with van der Waals surface area (Å²) in [6, 6.07) is 30.6. The molecule has 0 saturated carbocycles. The Morgan fingerprint density at radius 1 is 0.544 bits per heavy atom. The number of amides is 4. The molecule has 0 radical (unpaired) electrons. The number of rotatable bonds is 8. The van der Waals surface area contributed by atoms with Crippen molar-refractivity contribution in [2.75, 3.05) is 130 Å². The Morgan fingerprint density at radius 3 is 1.43 bits per heavy atom. The van der Waals surface area contributed by atoms with E-state index in [-0.39, 0.29) is 30.8 Å². The number of hydrogen-bond donors (Lipinski definition) is 2. The van der Waals surface area contributed by atoms with E-state index >= 15 is 0 Å². The maximum absolute atomic E-state index is 12.6. The topological polar surface area (TPSA) is 202 Å². The number of piperazine rings is 3. The molecular weight excluding hydrogens is 1260 g/mol. The van der Waals surface area contributed by atoms with Crippen LogP contribution < -0.4 is 35.1 Å². The molecular formula is C66H74BrN15O5S3. The largest absolute Gasteiger partial charge is 0.444 e. The van der Waals surface area contributed by atoms with Gasteiger partial charge in [-0.1, -0.05) is 15.9 Å². The normalized spacial score (nSPS) is 18.0. The van der Waals surface area contributed by atoms with Gasteiger partial charge >= 0.3 is 6.09 Å². The summed E-state index contributed by atoms with van der Waals surface area (Å²) in [5, 5.41) is 8.64. The van der Waals surface area contributed by atoms with Crippen molar-refractivity contribution in [2.24, 2.45) is 0 Å². The second kappa shape index (κ2) is 28.2. The van der Waals surface area contributed by atoms with Crippen LogP contribution in [0.5, 0.6) is 0 Å². The summed E-state index contributed by atoms with van der Waals surface area (Å²) in [6.07, 6.45) is 12.8. The minimum absolute atomic E-state index is 0.0922. The van der Waals surface area contributed by atoms with E-state index < -0.39 is 18.7 Å². The van der Waals surface area contributed by atoms with Crippen molar-refractivity contribution in [3.63, 3.8) is 0 Å². The summed E-state index contributed by atoms with van der Waals surface area (Å²) in [7, 11) is 0. The summed E-state index contributed by atoms with van der Waals surface area (Å²) in [4.78, 5) is 88.4. The van der Waals surface area contributed by atoms with Crippen molar-refractivity contribution in [1.29, 1.82) is 0 Å². The number of ether oxygens (including phenoxy) is 1. The first-order chi connectivity index (χ1) is 44.8. The molecule has 0 spiro atoms. The van der Waals surface area contributed by atoms with Crippen LogP contribution in [-0.4, -0.2) is 174 Å². The molecule has 24 heteroatoms. The number of halogens is 1. The predicted molar refractivity (Wildman–Crippen MR) is 366 cm³/mol. The zero-order valence-electron chi connectivity index (χ0n) is 53.7. The number of likely N-dealkylation sites (N-methyl/N-ethyl adjacent to an activating group) is 1. The summed E-state index contributed by atoms with van der Waals surface area (Å²) in [5.41, 5.74) is 7.22. The molecule has 468 valence electrons. The van der Waals surface area contributed by atoms with Crippen molar-refractivity contribution < 1.29 is 28.0 Å². The van der Waals surface area contributed by atoms with Crippen LogP contribution in [0.4, 0.5) is 33.6 Å². The van der Waals surface area contributed by atoms with Crippen LogP contribution in [0.15, 0.2) is 114 Å². The molecule has 3 aromatic carbocycles. The maximum atomic E-state index is 12.6. The number of fused-ring (bicyclic) bond motifs is 3. The lowest BCUT2D eigenvalue weighted by atomic mass is 10.2. The van der Waals surface area contributed by atoms with Crippen LogP contribution in [0.25, 0.3) is 62.4 Å². The third-order valence-corrected chi connectivity index (χ3v) is 19.7. The van der Waals surface area contributed by atoms with Gasteiger partial charge in [-0.05, 0) is 157 Å². The van der Waals surface area contributed by atoms with Crippen LogP contribution in [0.1, 0.15) is 63.4 Å². The second-order valence-corrected chi connectivity index (χ2v) is 27.7. The maximum Gasteiger partial charge on any atom is 0.410 e. The Balaban J connectivity index is 0.000000124. The summed E-state index contributed by atoms with van der Waals surface area (Å²) in [6.45, 7) is 13.4. The lowest BCUT2D eigenvalue weighted by Crippen LogP contribution is -2.51. The highest BCUT2D eigenvalue weighted by molar-refractivity contribution is 9.10. The number of pyridine rings is 3. The van der Waals surface area contributed by atoms with Crippen LogP contribution in [0, 0.1) is 0 Å². The Bertz CT molecular complexity index is 4110. The molecule has 0 atom stereocenters. The smallest absolute Gasteiger partial charge is 0.410 e. The van der Waals surface area contributed by atoms with Gasteiger partial charge in [0, 0.05) is 134 Å². The molecule has 9 aromatic rings. The molecule has 4 amide bonds. The minimum atomic E-state index is -2.24. The number of hydrogen-bond acceptors (Lipinski definition) is 19. The van der Waals surface area contributed by atoms with E-state index in [2.05, 4.69) is 105 Å². The molecule has 2 N–H and O–H groups in total. The number of benzene rings is 3. The van der Waals surface area contributed by atoms with Gasteiger partial charge in [-0.25, -0.2) is 34.7 Å². The van der Waals surface area contributed by atoms with Gasteiger partial charge in [0.05, 0.1) is 43.7 Å². The fourth-order valence-electron chi connectivity index (χ4n) is 11.3. The Morgan fingerprint density at radius 2 is 1.01 bits per heavy atom. The van der Waals surface area contributed by atoms with Gasteiger partial charge in [0.25, 0.3) is 0 Å². The number of nitrogens with zero attached hydrogens (tertiary/aromatic N) is 13. The van der Waals surface area contributed by atoms with E-state index in [4.69, 9.17) is 23.8 Å². The molecule has 20 nitrogen and oxygen atoms in total. The number of nitrogens with one attached hydrogen (secondary N) is 2. The Labute approximate surface area is 548 Å². The number of thiazole rings is 3. The van der Waals surface area contributed by atoms with Crippen LogP contribution in [0.3, 0.4) is 0 Å². The third-order valence-electron chi connectivity index (χ3n) is 16.0. The van der Waals surface area contributed by atoms with Crippen molar-refractivity contribution in [3.05, 3.63) is 114 Å². The quantitative estimate of drug-likeness (QED) is 0.145. The van der Waals surface area contributed by atoms with E-state index in [1.54, 1.807) is 59.7 Å². The average molecular weight is 1340 g/mol. The molecule has 0 aliphatic carbocycles. The van der Waals surface area contributed by atoms with Crippen molar-refractivity contribution in [3.8, 4) is 31.7 Å². The summed E-state index contributed by atoms with van der Waals surface area (Å²) >= 11 is 8.43. The van der Waals surface area contributed by atoms with Gasteiger partial charge in [-0.15, -0.1) is 34.0 Å². The predicted octanol–water partition coefficient (Wildman–Crippen LogP) is 11.2.